The van der Waals surface area contributed by atoms with E-state index in [1.54, 1.807) is 26.8 Å². The van der Waals surface area contributed by atoms with Crippen molar-refractivity contribution in [1.82, 2.24) is 24.9 Å². The maximum absolute atomic E-state index is 14.5. The van der Waals surface area contributed by atoms with E-state index in [2.05, 4.69) is 24.1 Å². The predicted molar refractivity (Wildman–Crippen MR) is 187 cm³/mol. The number of piperazine rings is 1. The molecule has 9 nitrogen and oxygen atoms in total. The van der Waals surface area contributed by atoms with Gasteiger partial charge in [-0.2, -0.15) is 0 Å². The van der Waals surface area contributed by atoms with Crippen LogP contribution in [0.3, 0.4) is 0 Å². The second-order valence-electron chi connectivity index (χ2n) is 12.5. The molecule has 4 rings (SSSR count). The van der Waals surface area contributed by atoms with E-state index < -0.39 is 6.04 Å². The molecule has 2 aromatic rings. The van der Waals surface area contributed by atoms with Gasteiger partial charge in [-0.1, -0.05) is 81.8 Å². The van der Waals surface area contributed by atoms with Crippen LogP contribution in [0.15, 0.2) is 54.6 Å². The Morgan fingerprint density at radius 2 is 1.48 bits per heavy atom. The van der Waals surface area contributed by atoms with Gasteiger partial charge in [0.1, 0.15) is 6.04 Å². The summed E-state index contributed by atoms with van der Waals surface area (Å²) in [6.45, 7) is 9.86. The molecule has 2 aliphatic heterocycles. The number of piperidine rings is 1. The molecule has 10 heteroatoms. The van der Waals surface area contributed by atoms with Crippen molar-refractivity contribution in [3.8, 4) is 0 Å². The molecule has 0 unspecified atom stereocenters. The minimum Gasteiger partial charge on any atom is -0.353 e. The van der Waals surface area contributed by atoms with Crippen LogP contribution in [0.5, 0.6) is 0 Å². The number of para-hydroxylation sites is 1. The van der Waals surface area contributed by atoms with Crippen LogP contribution in [0, 0.1) is 0 Å². The summed E-state index contributed by atoms with van der Waals surface area (Å²) < 4.78 is 0. The zero-order chi connectivity index (χ0) is 32.7. The molecular formula is C36H53ClN6O3. The van der Waals surface area contributed by atoms with Gasteiger partial charge < -0.3 is 24.9 Å². The lowest BCUT2D eigenvalue weighted by molar-refractivity contribution is -0.127. The maximum atomic E-state index is 14.5. The fourth-order valence-electron chi connectivity index (χ4n) is 6.35. The predicted octanol–water partition coefficient (Wildman–Crippen LogP) is 6.99. The molecule has 0 bridgehead atoms. The number of benzene rings is 2. The first-order valence-electron chi connectivity index (χ1n) is 17.4. The van der Waals surface area contributed by atoms with Gasteiger partial charge in [0.15, 0.2) is 0 Å². The van der Waals surface area contributed by atoms with Crippen LogP contribution >= 0.6 is 11.6 Å². The number of rotatable bonds is 14. The smallest absolute Gasteiger partial charge is 0.329 e. The first kappa shape index (κ1) is 35.6. The number of anilines is 2. The Morgan fingerprint density at radius 3 is 2.13 bits per heavy atom. The van der Waals surface area contributed by atoms with E-state index in [4.69, 9.17) is 11.6 Å². The lowest BCUT2D eigenvalue weighted by atomic mass is 10.1. The average molecular weight is 653 g/mol. The third kappa shape index (κ3) is 10.1. The average Bonchev–Trinajstić information content (AvgIpc) is 3.08. The van der Waals surface area contributed by atoms with Gasteiger partial charge in [0, 0.05) is 44.3 Å². The molecule has 2 aliphatic rings. The lowest BCUT2D eigenvalue weighted by Crippen LogP contribution is -2.64. The van der Waals surface area contributed by atoms with Crippen LogP contribution in [0.4, 0.5) is 21.0 Å². The van der Waals surface area contributed by atoms with Crippen molar-refractivity contribution < 1.29 is 14.4 Å². The van der Waals surface area contributed by atoms with Crippen molar-refractivity contribution in [3.63, 3.8) is 0 Å². The number of carbonyl (C=O) groups is 3. The highest BCUT2D eigenvalue weighted by molar-refractivity contribution is 6.31. The first-order valence-corrected chi connectivity index (χ1v) is 17.8. The zero-order valence-corrected chi connectivity index (χ0v) is 28.6. The molecule has 2 saturated heterocycles. The second-order valence-corrected chi connectivity index (χ2v) is 12.9. The van der Waals surface area contributed by atoms with Crippen molar-refractivity contribution >= 4 is 40.9 Å². The summed E-state index contributed by atoms with van der Waals surface area (Å²) in [5, 5.41) is 3.63. The number of likely N-dealkylation sites (tertiary alicyclic amines) is 1. The van der Waals surface area contributed by atoms with Gasteiger partial charge in [0.05, 0.1) is 17.9 Å². The third-order valence-corrected chi connectivity index (χ3v) is 9.22. The fourth-order valence-corrected chi connectivity index (χ4v) is 6.53. The standard InChI is InChI=1S/C36H53ClN6O3/c1-3-5-11-23-40(24-12-6-4-2)35(45)41-26-27-42(33(29-41)34(44)38-20-25-39-21-13-8-14-22-39)36(46)43(31-17-9-7-10-18-31)32-19-15-16-30(37)28-32/h7,9-10,15-19,28,33H,3-6,8,11-14,20-27,29H2,1-2H3,(H,38,44)/t33-/m0/s1. The van der Waals surface area contributed by atoms with Crippen LogP contribution in [0.1, 0.15) is 71.6 Å². The summed E-state index contributed by atoms with van der Waals surface area (Å²) in [6, 6.07) is 15.4. The molecule has 0 radical (unpaired) electrons. The van der Waals surface area contributed by atoms with E-state index in [0.29, 0.717) is 42.6 Å². The van der Waals surface area contributed by atoms with Gasteiger partial charge in [-0.05, 0) is 69.1 Å². The van der Waals surface area contributed by atoms with Crippen LogP contribution in [-0.4, -0.2) is 103 Å². The monoisotopic (exact) mass is 652 g/mol. The Kier molecular flexibility index (Phi) is 14.5. The highest BCUT2D eigenvalue weighted by Gasteiger charge is 2.40. The molecular weight excluding hydrogens is 600 g/mol. The molecule has 0 saturated carbocycles. The molecule has 1 N–H and O–H groups in total. The SMILES string of the molecule is CCCCCN(CCCCC)C(=O)N1CCN(C(=O)N(c2ccccc2)c2cccc(Cl)c2)[C@H](C(=O)NCCN2CCCCC2)C1. The van der Waals surface area contributed by atoms with Crippen LogP contribution < -0.4 is 10.2 Å². The Morgan fingerprint density at radius 1 is 0.804 bits per heavy atom. The van der Waals surface area contributed by atoms with Crippen LogP contribution in [0.2, 0.25) is 5.02 Å². The first-order chi connectivity index (χ1) is 22.4. The Labute approximate surface area is 280 Å². The van der Waals surface area contributed by atoms with Gasteiger partial charge in [-0.25, -0.2) is 9.59 Å². The Hall–Kier alpha value is -3.30. The number of nitrogens with zero attached hydrogens (tertiary/aromatic N) is 5. The fraction of sp³-hybridized carbons (Fsp3) is 0.583. The summed E-state index contributed by atoms with van der Waals surface area (Å²) in [5.74, 6) is -0.231. The molecule has 2 aromatic carbocycles. The van der Waals surface area contributed by atoms with Crippen molar-refractivity contribution in [1.29, 1.82) is 0 Å². The van der Waals surface area contributed by atoms with E-state index in [9.17, 15) is 14.4 Å². The summed E-state index contributed by atoms with van der Waals surface area (Å²) in [5.41, 5.74) is 1.29. The van der Waals surface area contributed by atoms with E-state index >= 15 is 0 Å². The van der Waals surface area contributed by atoms with Crippen LogP contribution in [-0.2, 0) is 4.79 Å². The molecule has 0 aromatic heterocycles. The molecule has 2 heterocycles. The number of urea groups is 2. The number of halogens is 1. The maximum Gasteiger partial charge on any atom is 0.329 e. The van der Waals surface area contributed by atoms with Gasteiger partial charge in [0.25, 0.3) is 0 Å². The number of unbranched alkanes of at least 4 members (excludes halogenated alkanes) is 4. The Balaban J connectivity index is 1.57. The summed E-state index contributed by atoms with van der Waals surface area (Å²) in [7, 11) is 0. The highest BCUT2D eigenvalue weighted by atomic mass is 35.5. The van der Waals surface area contributed by atoms with E-state index in [-0.39, 0.29) is 31.1 Å². The number of carbonyl (C=O) groups excluding carboxylic acids is 3. The van der Waals surface area contributed by atoms with E-state index in [1.165, 1.54) is 19.3 Å². The largest absolute Gasteiger partial charge is 0.353 e. The minimum absolute atomic E-state index is 0.0415. The number of hydrogen-bond donors (Lipinski definition) is 1. The van der Waals surface area contributed by atoms with E-state index in [0.717, 1.165) is 58.2 Å². The van der Waals surface area contributed by atoms with Gasteiger partial charge in [-0.3, -0.25) is 9.69 Å². The van der Waals surface area contributed by atoms with Crippen molar-refractivity contribution in [3.05, 3.63) is 59.6 Å². The molecule has 46 heavy (non-hydrogen) atoms. The lowest BCUT2D eigenvalue weighted by Gasteiger charge is -2.43. The van der Waals surface area contributed by atoms with Crippen molar-refractivity contribution in [2.75, 3.05) is 63.8 Å². The third-order valence-electron chi connectivity index (χ3n) is 8.98. The summed E-state index contributed by atoms with van der Waals surface area (Å²) in [4.78, 5) is 51.8. The molecule has 0 spiro atoms. The van der Waals surface area contributed by atoms with Crippen LogP contribution in [0.25, 0.3) is 0 Å². The van der Waals surface area contributed by atoms with Crippen molar-refractivity contribution in [2.24, 2.45) is 0 Å². The molecule has 1 atom stereocenters. The quantitative estimate of drug-likeness (QED) is 0.223. The molecule has 5 amide bonds. The highest BCUT2D eigenvalue weighted by Crippen LogP contribution is 2.30. The molecule has 252 valence electrons. The molecule has 2 fully saturated rings. The number of hydrogen-bond acceptors (Lipinski definition) is 4. The molecule has 0 aliphatic carbocycles. The van der Waals surface area contributed by atoms with Gasteiger partial charge in [-0.15, -0.1) is 0 Å². The van der Waals surface area contributed by atoms with Crippen molar-refractivity contribution in [2.45, 2.75) is 77.7 Å². The number of amides is 5. The van der Waals surface area contributed by atoms with E-state index in [1.807, 2.05) is 47.4 Å². The normalized spacial score (nSPS) is 17.1. The zero-order valence-electron chi connectivity index (χ0n) is 27.8. The summed E-state index contributed by atoms with van der Waals surface area (Å²) in [6.07, 6.45) is 9.84. The summed E-state index contributed by atoms with van der Waals surface area (Å²) >= 11 is 6.37. The van der Waals surface area contributed by atoms with Gasteiger partial charge >= 0.3 is 12.1 Å². The minimum atomic E-state index is -0.829. The number of nitrogens with one attached hydrogen (secondary N) is 1. The van der Waals surface area contributed by atoms with Gasteiger partial charge in [0.2, 0.25) is 5.91 Å². The second kappa shape index (κ2) is 18.7. The Bertz CT molecular complexity index is 1230. The topological polar surface area (TPSA) is 79.4 Å².